The number of ether oxygens (including phenoxy) is 4. The van der Waals surface area contributed by atoms with E-state index in [4.69, 9.17) is 28.0 Å². The van der Waals surface area contributed by atoms with Gasteiger partial charge in [0.1, 0.15) is 18.1 Å². The molecule has 1 unspecified atom stereocenters. The third-order valence-electron chi connectivity index (χ3n) is 4.65. The lowest BCUT2D eigenvalue weighted by Gasteiger charge is -2.25. The standard InChI is InChI=1S/C23H35F2O9P/c1-6-31-17(4)20(22(26)27)15-18-9-10-19(16-21(18)29-5)32-14-13-30-12-11-23(24,25)35(28,33-7-2)34-8-3/h9-10,15-17H,6-8,11-14H2,1-5H3,(H,26,27)/p-1. The van der Waals surface area contributed by atoms with Gasteiger partial charge in [0, 0.05) is 30.2 Å². The first-order chi connectivity index (χ1) is 16.5. The topological polar surface area (TPSA) is 113 Å². The van der Waals surface area contributed by atoms with Crippen molar-refractivity contribution >= 4 is 19.6 Å². The summed E-state index contributed by atoms with van der Waals surface area (Å²) in [5.74, 6) is -0.596. The summed E-state index contributed by atoms with van der Waals surface area (Å²) in [5, 5.41) is 11.5. The van der Waals surface area contributed by atoms with Crippen LogP contribution >= 0.6 is 7.60 Å². The molecule has 1 rings (SSSR count). The molecule has 0 aliphatic heterocycles. The first-order valence-corrected chi connectivity index (χ1v) is 12.8. The van der Waals surface area contributed by atoms with E-state index in [9.17, 15) is 23.2 Å². The molecule has 0 saturated heterocycles. The third-order valence-corrected chi connectivity index (χ3v) is 6.87. The van der Waals surface area contributed by atoms with E-state index in [1.165, 1.54) is 27.0 Å². The van der Waals surface area contributed by atoms with Crippen LogP contribution in [-0.2, 0) is 27.9 Å². The molecule has 0 heterocycles. The summed E-state index contributed by atoms with van der Waals surface area (Å²) in [4.78, 5) is 11.5. The number of methoxy groups -OCH3 is 1. The predicted molar refractivity (Wildman–Crippen MR) is 124 cm³/mol. The van der Waals surface area contributed by atoms with Crippen LogP contribution in [0.15, 0.2) is 23.8 Å². The van der Waals surface area contributed by atoms with E-state index in [1.807, 2.05) is 0 Å². The molecule has 0 saturated carbocycles. The first kappa shape index (κ1) is 31.0. The molecule has 0 bridgehead atoms. The fourth-order valence-electron chi connectivity index (χ4n) is 2.97. The van der Waals surface area contributed by atoms with Crippen LogP contribution in [0, 0.1) is 0 Å². The number of hydrogen-bond donors (Lipinski definition) is 0. The lowest BCUT2D eigenvalue weighted by atomic mass is 10.1. The monoisotopic (exact) mass is 523 g/mol. The lowest BCUT2D eigenvalue weighted by molar-refractivity contribution is -0.300. The maximum Gasteiger partial charge on any atom is 0.399 e. The number of carbonyl (C=O) groups excluding carboxylic acids is 1. The van der Waals surface area contributed by atoms with Gasteiger partial charge in [-0.05, 0) is 45.9 Å². The van der Waals surface area contributed by atoms with E-state index in [-0.39, 0.29) is 38.6 Å². The fourth-order valence-corrected chi connectivity index (χ4v) is 4.47. The normalized spacial score (nSPS) is 13.5. The Labute approximate surface area is 204 Å². The van der Waals surface area contributed by atoms with Crippen LogP contribution < -0.4 is 14.6 Å². The van der Waals surface area contributed by atoms with Crippen molar-refractivity contribution in [2.24, 2.45) is 0 Å². The summed E-state index contributed by atoms with van der Waals surface area (Å²) in [6.07, 6.45) is -0.101. The van der Waals surface area contributed by atoms with Gasteiger partial charge in [0.2, 0.25) is 0 Å². The van der Waals surface area contributed by atoms with E-state index < -0.39 is 31.8 Å². The van der Waals surface area contributed by atoms with Gasteiger partial charge in [0.15, 0.2) is 0 Å². The first-order valence-electron chi connectivity index (χ1n) is 11.2. The quantitative estimate of drug-likeness (QED) is 0.161. The number of carboxylic acids is 1. The smallest absolute Gasteiger partial charge is 0.399 e. The highest BCUT2D eigenvalue weighted by Crippen LogP contribution is 2.63. The number of benzene rings is 1. The molecule has 0 fully saturated rings. The minimum Gasteiger partial charge on any atom is -0.545 e. The maximum absolute atomic E-state index is 14.3. The van der Waals surface area contributed by atoms with Crippen molar-refractivity contribution in [3.05, 3.63) is 29.3 Å². The molecule has 0 spiro atoms. The van der Waals surface area contributed by atoms with Gasteiger partial charge in [-0.1, -0.05) is 0 Å². The van der Waals surface area contributed by atoms with Gasteiger partial charge >= 0.3 is 13.3 Å². The van der Waals surface area contributed by atoms with E-state index in [1.54, 1.807) is 32.0 Å². The van der Waals surface area contributed by atoms with Crippen LogP contribution in [0.1, 0.15) is 39.7 Å². The minimum atomic E-state index is -4.58. The van der Waals surface area contributed by atoms with Crippen LogP contribution in [0.2, 0.25) is 0 Å². The molecular formula is C23H34F2O9P-. The summed E-state index contributed by atoms with van der Waals surface area (Å²) >= 11 is 0. The number of carboxylic acid groups (broad SMARTS) is 1. The van der Waals surface area contributed by atoms with Gasteiger partial charge in [-0.25, -0.2) is 0 Å². The van der Waals surface area contributed by atoms with Gasteiger partial charge in [-0.2, -0.15) is 8.78 Å². The minimum absolute atomic E-state index is 0.00563. The molecule has 9 nitrogen and oxygen atoms in total. The van der Waals surface area contributed by atoms with Crippen molar-refractivity contribution in [1.29, 1.82) is 0 Å². The molecule has 1 aromatic carbocycles. The Morgan fingerprint density at radius 3 is 2.31 bits per heavy atom. The fraction of sp³-hybridized carbons (Fsp3) is 0.609. The zero-order chi connectivity index (χ0) is 26.5. The van der Waals surface area contributed by atoms with Gasteiger partial charge in [-0.15, -0.1) is 0 Å². The van der Waals surface area contributed by atoms with Gasteiger partial charge < -0.3 is 37.9 Å². The predicted octanol–water partition coefficient (Wildman–Crippen LogP) is 3.90. The summed E-state index contributed by atoms with van der Waals surface area (Å²) in [6, 6.07) is 4.76. The second kappa shape index (κ2) is 15.2. The molecular weight excluding hydrogens is 489 g/mol. The SMILES string of the molecule is CCOC(C)C(=Cc1ccc(OCCOCCC(F)(F)P(=O)(OCC)OCC)cc1OC)C(=O)[O-]. The third kappa shape index (κ3) is 9.50. The van der Waals surface area contributed by atoms with Crippen LogP contribution in [0.5, 0.6) is 11.5 Å². The van der Waals surface area contributed by atoms with Crippen LogP contribution in [0.25, 0.3) is 6.08 Å². The van der Waals surface area contributed by atoms with Gasteiger partial charge in [-0.3, -0.25) is 4.57 Å². The van der Waals surface area contributed by atoms with Crippen LogP contribution in [-0.4, -0.2) is 64.5 Å². The second-order valence-electron chi connectivity index (χ2n) is 7.10. The Balaban J connectivity index is 2.67. The van der Waals surface area contributed by atoms with Crippen molar-refractivity contribution in [1.82, 2.24) is 0 Å². The molecule has 0 aromatic heterocycles. The van der Waals surface area contributed by atoms with E-state index >= 15 is 0 Å². The summed E-state index contributed by atoms with van der Waals surface area (Å²) in [7, 11) is -3.15. The van der Waals surface area contributed by atoms with Crippen molar-refractivity contribution in [2.45, 2.75) is 45.9 Å². The number of alkyl halides is 2. The van der Waals surface area contributed by atoms with E-state index in [2.05, 4.69) is 0 Å². The van der Waals surface area contributed by atoms with Crippen molar-refractivity contribution in [3.63, 3.8) is 0 Å². The van der Waals surface area contributed by atoms with Crippen molar-refractivity contribution < 1.29 is 51.2 Å². The second-order valence-corrected chi connectivity index (χ2v) is 9.26. The average molecular weight is 523 g/mol. The molecule has 0 aliphatic carbocycles. The Bertz CT molecular complexity index is 867. The summed E-state index contributed by atoms with van der Waals surface area (Å²) < 4.78 is 71.6. The van der Waals surface area contributed by atoms with Gasteiger partial charge in [0.25, 0.3) is 0 Å². The van der Waals surface area contributed by atoms with Crippen molar-refractivity contribution in [2.75, 3.05) is 46.8 Å². The van der Waals surface area contributed by atoms with Gasteiger partial charge in [0.05, 0.1) is 45.6 Å². The number of aliphatic carboxylic acids is 1. The molecule has 0 N–H and O–H groups in total. The molecule has 0 amide bonds. The Morgan fingerprint density at radius 2 is 1.77 bits per heavy atom. The maximum atomic E-state index is 14.3. The van der Waals surface area contributed by atoms with E-state index in [0.717, 1.165) is 0 Å². The molecule has 35 heavy (non-hydrogen) atoms. The van der Waals surface area contributed by atoms with Crippen LogP contribution in [0.3, 0.4) is 0 Å². The zero-order valence-corrected chi connectivity index (χ0v) is 21.6. The lowest BCUT2D eigenvalue weighted by Crippen LogP contribution is -2.30. The zero-order valence-electron chi connectivity index (χ0n) is 20.7. The molecule has 1 aromatic rings. The Kier molecular flexibility index (Phi) is 13.4. The largest absolute Gasteiger partial charge is 0.545 e. The summed E-state index contributed by atoms with van der Waals surface area (Å²) in [6.45, 7) is 5.94. The average Bonchev–Trinajstić information content (AvgIpc) is 2.80. The number of rotatable bonds is 18. The molecule has 200 valence electrons. The number of halogens is 2. The molecule has 1 atom stereocenters. The van der Waals surface area contributed by atoms with Crippen molar-refractivity contribution in [3.8, 4) is 11.5 Å². The highest BCUT2D eigenvalue weighted by atomic mass is 31.2. The Morgan fingerprint density at radius 1 is 1.11 bits per heavy atom. The molecule has 12 heteroatoms. The summed E-state index contributed by atoms with van der Waals surface area (Å²) in [5.41, 5.74) is -3.24. The van der Waals surface area contributed by atoms with E-state index in [0.29, 0.717) is 23.7 Å². The van der Waals surface area contributed by atoms with Crippen LogP contribution in [0.4, 0.5) is 8.78 Å². The number of hydrogen-bond acceptors (Lipinski definition) is 9. The Hall–Kier alpha value is -2.04. The molecule has 0 aliphatic rings. The highest BCUT2D eigenvalue weighted by molar-refractivity contribution is 7.55. The molecule has 0 radical (unpaired) electrons. The number of carbonyl (C=O) groups is 1. The highest BCUT2D eigenvalue weighted by Gasteiger charge is 2.52.